The van der Waals surface area contributed by atoms with Crippen LogP contribution in [0, 0.1) is 12.7 Å². The Morgan fingerprint density at radius 1 is 1.29 bits per heavy atom. The van der Waals surface area contributed by atoms with E-state index in [0.717, 1.165) is 10.9 Å². The Morgan fingerprint density at radius 3 is 2.82 bits per heavy atom. The van der Waals surface area contributed by atoms with E-state index in [1.165, 1.54) is 24.7 Å². The van der Waals surface area contributed by atoms with Crippen LogP contribution in [0.2, 0.25) is 0 Å². The molecule has 0 aliphatic carbocycles. The molecule has 11 heteroatoms. The van der Waals surface area contributed by atoms with Crippen LogP contribution in [0.25, 0.3) is 10.9 Å². The van der Waals surface area contributed by atoms with Crippen LogP contribution in [0.4, 0.5) is 30.4 Å². The van der Waals surface area contributed by atoms with E-state index < -0.39 is 22.0 Å². The lowest BCUT2D eigenvalue weighted by Crippen LogP contribution is -2.29. The topological polar surface area (TPSA) is 79.4 Å². The molecule has 1 fully saturated rings. The number of ether oxygens (including phenoxy) is 1. The van der Waals surface area contributed by atoms with Gasteiger partial charge in [0.15, 0.2) is 0 Å². The lowest BCUT2D eigenvalue weighted by Gasteiger charge is -2.19. The number of hydrogen-bond donors (Lipinski definition) is 2. The molecular weight excluding hydrogens is 467 g/mol. The molecule has 0 amide bonds. The molecule has 1 aliphatic rings. The molecule has 2 heterocycles. The van der Waals surface area contributed by atoms with E-state index in [1.54, 1.807) is 17.0 Å². The maximum absolute atomic E-state index is 14.0. The van der Waals surface area contributed by atoms with Crippen molar-refractivity contribution in [3.05, 3.63) is 48.0 Å². The summed E-state index contributed by atoms with van der Waals surface area (Å²) in [6.07, 6.45) is 0.732. The number of rotatable bonds is 8. The van der Waals surface area contributed by atoms with Crippen LogP contribution in [0.1, 0.15) is 12.0 Å². The fraction of sp³-hybridized carbons (Fsp3) is 0.348. The molecule has 2 N–H and O–H groups in total. The number of likely N-dealkylation sites (tertiary alicyclic amines) is 1. The van der Waals surface area contributed by atoms with Crippen molar-refractivity contribution in [2.24, 2.45) is 0 Å². The van der Waals surface area contributed by atoms with Crippen LogP contribution in [-0.4, -0.2) is 63.4 Å². The summed E-state index contributed by atoms with van der Waals surface area (Å²) in [7, 11) is -2.46. The first kappa shape index (κ1) is 24.1. The van der Waals surface area contributed by atoms with Gasteiger partial charge in [0.2, 0.25) is 0 Å². The molecule has 3 aromatic rings. The third kappa shape index (κ3) is 5.89. The van der Waals surface area contributed by atoms with Crippen LogP contribution in [0.5, 0.6) is 5.75 Å². The van der Waals surface area contributed by atoms with Gasteiger partial charge >= 0.3 is 0 Å². The van der Waals surface area contributed by atoms with Gasteiger partial charge < -0.3 is 14.8 Å². The molecule has 182 valence electrons. The standard InChI is InChI=1S/C23H26F3N5O2S/c1-14-8-16(30-34(2,3)32)10-19-22(14)23(28-13-27-19)29-18-5-4-15(24)9-20(18)33-17-6-7-31(11-17)12-21(25)26/h4-5,8-10,13,17,21H,2,6-7,11-12H2,1,3H3,(H,30,32)(H,27,28,29). The Kier molecular flexibility index (Phi) is 6.85. The highest BCUT2D eigenvalue weighted by atomic mass is 32.2. The van der Waals surface area contributed by atoms with Crippen LogP contribution < -0.4 is 14.8 Å². The molecule has 34 heavy (non-hydrogen) atoms. The number of fused-ring (bicyclic) bond motifs is 1. The highest BCUT2D eigenvalue weighted by Crippen LogP contribution is 2.34. The third-order valence-corrected chi connectivity index (χ3v) is 6.05. The molecule has 2 aromatic carbocycles. The summed E-state index contributed by atoms with van der Waals surface area (Å²) >= 11 is 0. The largest absolute Gasteiger partial charge is 0.487 e. The Balaban J connectivity index is 1.61. The van der Waals surface area contributed by atoms with E-state index in [4.69, 9.17) is 4.74 Å². The van der Waals surface area contributed by atoms with Crippen LogP contribution in [-0.2, 0) is 9.71 Å². The van der Waals surface area contributed by atoms with Gasteiger partial charge in [-0.05, 0) is 49.0 Å². The molecule has 2 unspecified atom stereocenters. The maximum atomic E-state index is 14.0. The predicted molar refractivity (Wildman–Crippen MR) is 130 cm³/mol. The van der Waals surface area contributed by atoms with Gasteiger partial charge in [0.25, 0.3) is 6.43 Å². The van der Waals surface area contributed by atoms with Gasteiger partial charge in [-0.15, -0.1) is 0 Å². The normalized spacial score (nSPS) is 18.2. The van der Waals surface area contributed by atoms with Crippen molar-refractivity contribution in [2.75, 3.05) is 35.9 Å². The Bertz CT molecular complexity index is 1300. The molecule has 4 rings (SSSR count). The van der Waals surface area contributed by atoms with Crippen LogP contribution in [0.3, 0.4) is 0 Å². The summed E-state index contributed by atoms with van der Waals surface area (Å²) < 4.78 is 60.3. The lowest BCUT2D eigenvalue weighted by atomic mass is 10.1. The number of nitrogens with zero attached hydrogens (tertiary/aromatic N) is 3. The van der Waals surface area contributed by atoms with Crippen molar-refractivity contribution in [2.45, 2.75) is 25.9 Å². The van der Waals surface area contributed by atoms with E-state index >= 15 is 0 Å². The number of hydrogen-bond acceptors (Lipinski definition) is 6. The fourth-order valence-corrected chi connectivity index (χ4v) is 4.67. The second-order valence-corrected chi connectivity index (χ2v) is 10.7. The van der Waals surface area contributed by atoms with E-state index in [9.17, 15) is 17.4 Å². The summed E-state index contributed by atoms with van der Waals surface area (Å²) in [5, 5.41) is 3.94. The third-order valence-electron chi connectivity index (χ3n) is 5.38. The summed E-state index contributed by atoms with van der Waals surface area (Å²) in [5.74, 6) is 3.90. The number of aryl methyl sites for hydroxylation is 1. The number of alkyl halides is 2. The lowest BCUT2D eigenvalue weighted by molar-refractivity contribution is 0.0931. The van der Waals surface area contributed by atoms with Crippen molar-refractivity contribution in [1.82, 2.24) is 14.9 Å². The molecule has 2 atom stereocenters. The van der Waals surface area contributed by atoms with Crippen molar-refractivity contribution >= 4 is 43.7 Å². The van der Waals surface area contributed by atoms with Crippen LogP contribution in [0.15, 0.2) is 36.7 Å². The SMILES string of the molecule is C=S(C)(=O)Nc1cc(C)c2c(Nc3ccc(F)cc3OC3CCN(CC(F)F)C3)ncnc2c1. The Hall–Kier alpha value is -3.05. The summed E-state index contributed by atoms with van der Waals surface area (Å²) in [6, 6.07) is 7.69. The molecule has 1 saturated heterocycles. The molecule has 0 radical (unpaired) electrons. The molecule has 1 aliphatic heterocycles. The van der Waals surface area contributed by atoms with Crippen molar-refractivity contribution in [3.8, 4) is 5.75 Å². The van der Waals surface area contributed by atoms with Gasteiger partial charge in [0.05, 0.1) is 17.7 Å². The number of benzene rings is 2. The van der Waals surface area contributed by atoms with E-state index in [0.29, 0.717) is 42.2 Å². The molecule has 0 saturated carbocycles. The van der Waals surface area contributed by atoms with Gasteiger partial charge in [-0.3, -0.25) is 4.90 Å². The van der Waals surface area contributed by atoms with E-state index in [2.05, 4.69) is 25.9 Å². The van der Waals surface area contributed by atoms with Gasteiger partial charge in [-0.25, -0.2) is 27.3 Å². The van der Waals surface area contributed by atoms with Gasteiger partial charge in [-0.2, -0.15) is 0 Å². The fourth-order valence-electron chi connectivity index (χ4n) is 4.05. The monoisotopic (exact) mass is 493 g/mol. The quantitative estimate of drug-likeness (QED) is 0.458. The number of aromatic nitrogens is 2. The van der Waals surface area contributed by atoms with Crippen molar-refractivity contribution in [3.63, 3.8) is 0 Å². The average molecular weight is 494 g/mol. The minimum absolute atomic E-state index is 0.273. The maximum Gasteiger partial charge on any atom is 0.251 e. The number of halogens is 3. The van der Waals surface area contributed by atoms with Crippen LogP contribution >= 0.6 is 0 Å². The zero-order chi connectivity index (χ0) is 24.5. The molecule has 0 bridgehead atoms. The zero-order valence-electron chi connectivity index (χ0n) is 18.9. The molecule has 0 spiro atoms. The highest BCUT2D eigenvalue weighted by molar-refractivity contribution is 8.00. The highest BCUT2D eigenvalue weighted by Gasteiger charge is 2.27. The van der Waals surface area contributed by atoms with Crippen molar-refractivity contribution in [1.29, 1.82) is 0 Å². The first-order chi connectivity index (χ1) is 16.1. The number of anilines is 3. The van der Waals surface area contributed by atoms with Gasteiger partial charge in [0, 0.05) is 46.2 Å². The second-order valence-electron chi connectivity index (χ2n) is 8.46. The summed E-state index contributed by atoms with van der Waals surface area (Å²) in [6.45, 7) is 2.41. The molecular formula is C23H26F3N5O2S. The smallest absolute Gasteiger partial charge is 0.251 e. The molecule has 7 nitrogen and oxygen atoms in total. The zero-order valence-corrected chi connectivity index (χ0v) is 19.7. The second kappa shape index (κ2) is 9.67. The Morgan fingerprint density at radius 2 is 2.09 bits per heavy atom. The van der Waals surface area contributed by atoms with Crippen molar-refractivity contribution < 1.29 is 22.1 Å². The van der Waals surface area contributed by atoms with Gasteiger partial charge in [-0.1, -0.05) is 0 Å². The summed E-state index contributed by atoms with van der Waals surface area (Å²) in [5.41, 5.74) is 2.56. The Labute approximate surface area is 196 Å². The predicted octanol–water partition coefficient (Wildman–Crippen LogP) is 4.21. The molecule has 1 aromatic heterocycles. The first-order valence-electron chi connectivity index (χ1n) is 10.7. The summed E-state index contributed by atoms with van der Waals surface area (Å²) in [4.78, 5) is 10.3. The minimum atomic E-state index is -2.46. The van der Waals surface area contributed by atoms with E-state index in [-0.39, 0.29) is 18.4 Å². The van der Waals surface area contributed by atoms with E-state index in [1.807, 2.05) is 13.0 Å². The number of nitrogens with one attached hydrogen (secondary N) is 2. The average Bonchev–Trinajstić information content (AvgIpc) is 3.14. The van der Waals surface area contributed by atoms with Gasteiger partial charge in [0.1, 0.15) is 29.8 Å². The first-order valence-corrected chi connectivity index (χ1v) is 12.8. The minimum Gasteiger partial charge on any atom is -0.487 e.